The van der Waals surface area contributed by atoms with E-state index in [-0.39, 0.29) is 16.6 Å². The normalized spacial score (nSPS) is 14.4. The number of benzene rings is 2. The SMILES string of the molecule is O=C(Nc1cccc(S(=O)(=O)NC2CC2)c1)c1c(F)cccc1F. The number of hydrogen-bond acceptors (Lipinski definition) is 3. The van der Waals surface area contributed by atoms with Gasteiger partial charge in [0.2, 0.25) is 10.0 Å². The topological polar surface area (TPSA) is 75.3 Å². The summed E-state index contributed by atoms with van der Waals surface area (Å²) in [5.41, 5.74) is -0.594. The van der Waals surface area contributed by atoms with Gasteiger partial charge in [0.05, 0.1) is 4.90 Å². The van der Waals surface area contributed by atoms with Gasteiger partial charge in [-0.2, -0.15) is 0 Å². The lowest BCUT2D eigenvalue weighted by Gasteiger charge is -2.10. The quantitative estimate of drug-likeness (QED) is 0.869. The summed E-state index contributed by atoms with van der Waals surface area (Å²) in [4.78, 5) is 12.0. The Morgan fingerprint density at radius 2 is 1.67 bits per heavy atom. The van der Waals surface area contributed by atoms with E-state index in [1.807, 2.05) is 0 Å². The first-order valence-electron chi connectivity index (χ1n) is 7.24. The van der Waals surface area contributed by atoms with E-state index in [0.717, 1.165) is 31.0 Å². The van der Waals surface area contributed by atoms with E-state index in [9.17, 15) is 22.0 Å². The Hall–Kier alpha value is -2.32. The Balaban J connectivity index is 1.83. The van der Waals surface area contributed by atoms with Crippen molar-refractivity contribution in [3.8, 4) is 0 Å². The second-order valence-corrected chi connectivity index (χ2v) is 7.19. The summed E-state index contributed by atoms with van der Waals surface area (Å²) in [5, 5.41) is 2.31. The van der Waals surface area contributed by atoms with Crippen molar-refractivity contribution < 1.29 is 22.0 Å². The minimum atomic E-state index is -3.69. The van der Waals surface area contributed by atoms with Gasteiger partial charge in [0, 0.05) is 11.7 Å². The number of hydrogen-bond donors (Lipinski definition) is 2. The lowest BCUT2D eigenvalue weighted by atomic mass is 10.2. The van der Waals surface area contributed by atoms with Gasteiger partial charge in [0.25, 0.3) is 5.91 Å². The molecule has 0 atom stereocenters. The maximum Gasteiger partial charge on any atom is 0.261 e. The van der Waals surface area contributed by atoms with Crippen LogP contribution in [0.1, 0.15) is 23.2 Å². The predicted molar refractivity (Wildman–Crippen MR) is 84.1 cm³/mol. The largest absolute Gasteiger partial charge is 0.322 e. The third-order valence-electron chi connectivity index (χ3n) is 3.49. The number of halogens is 2. The standard InChI is InChI=1S/C16H14F2N2O3S/c17-13-5-2-6-14(18)15(13)16(21)19-11-3-1-4-12(9-11)24(22,23)20-10-7-8-10/h1-6,9-10,20H,7-8H2,(H,19,21). The van der Waals surface area contributed by atoms with Gasteiger partial charge in [-0.15, -0.1) is 0 Å². The van der Waals surface area contributed by atoms with Crippen LogP contribution in [0.3, 0.4) is 0 Å². The van der Waals surface area contributed by atoms with Gasteiger partial charge in [0.15, 0.2) is 0 Å². The van der Waals surface area contributed by atoms with Crippen molar-refractivity contribution in [2.75, 3.05) is 5.32 Å². The highest BCUT2D eigenvalue weighted by Gasteiger charge is 2.28. The predicted octanol–water partition coefficient (Wildman–Crippen LogP) is 2.66. The van der Waals surface area contributed by atoms with Gasteiger partial charge in [-0.05, 0) is 43.2 Å². The van der Waals surface area contributed by atoms with E-state index in [1.165, 1.54) is 24.3 Å². The molecule has 2 aromatic carbocycles. The van der Waals surface area contributed by atoms with E-state index < -0.39 is 33.1 Å². The van der Waals surface area contributed by atoms with Crippen molar-refractivity contribution >= 4 is 21.6 Å². The number of amides is 1. The first kappa shape index (κ1) is 16.5. The van der Waals surface area contributed by atoms with Crippen LogP contribution in [-0.4, -0.2) is 20.4 Å². The van der Waals surface area contributed by atoms with Crippen molar-refractivity contribution in [2.45, 2.75) is 23.8 Å². The van der Waals surface area contributed by atoms with Crippen LogP contribution >= 0.6 is 0 Å². The maximum absolute atomic E-state index is 13.6. The first-order chi connectivity index (χ1) is 11.4. The average Bonchev–Trinajstić information content (AvgIpc) is 3.30. The molecule has 0 heterocycles. The van der Waals surface area contributed by atoms with Gasteiger partial charge in [0.1, 0.15) is 17.2 Å². The molecule has 0 bridgehead atoms. The van der Waals surface area contributed by atoms with Crippen LogP contribution in [0.15, 0.2) is 47.4 Å². The van der Waals surface area contributed by atoms with Crippen LogP contribution in [0.2, 0.25) is 0 Å². The van der Waals surface area contributed by atoms with E-state index in [0.29, 0.717) is 0 Å². The Labute approximate surface area is 137 Å². The zero-order valence-corrected chi connectivity index (χ0v) is 13.2. The van der Waals surface area contributed by atoms with E-state index >= 15 is 0 Å². The molecular weight excluding hydrogens is 338 g/mol. The van der Waals surface area contributed by atoms with Gasteiger partial charge >= 0.3 is 0 Å². The Bertz CT molecular complexity index is 876. The lowest BCUT2D eigenvalue weighted by Crippen LogP contribution is -2.25. The zero-order valence-electron chi connectivity index (χ0n) is 12.4. The maximum atomic E-state index is 13.6. The molecular formula is C16H14F2N2O3S. The summed E-state index contributed by atoms with van der Waals surface area (Å²) >= 11 is 0. The van der Waals surface area contributed by atoms with Crippen molar-refractivity contribution in [3.05, 3.63) is 59.7 Å². The Kier molecular flexibility index (Phi) is 4.33. The van der Waals surface area contributed by atoms with E-state index in [1.54, 1.807) is 0 Å². The zero-order chi connectivity index (χ0) is 17.3. The Morgan fingerprint density at radius 3 is 2.29 bits per heavy atom. The second kappa shape index (κ2) is 6.29. The van der Waals surface area contributed by atoms with Gasteiger partial charge < -0.3 is 5.32 Å². The summed E-state index contributed by atoms with van der Waals surface area (Å²) < 4.78 is 54.1. The van der Waals surface area contributed by atoms with Crippen molar-refractivity contribution in [3.63, 3.8) is 0 Å². The molecule has 0 aromatic heterocycles. The summed E-state index contributed by atoms with van der Waals surface area (Å²) in [6, 6.07) is 8.53. The minimum absolute atomic E-state index is 0.0267. The number of carbonyl (C=O) groups is 1. The lowest BCUT2D eigenvalue weighted by molar-refractivity contribution is 0.101. The van der Waals surface area contributed by atoms with Crippen molar-refractivity contribution in [1.82, 2.24) is 4.72 Å². The summed E-state index contributed by atoms with van der Waals surface area (Å²) in [6.45, 7) is 0. The van der Waals surface area contributed by atoms with Crippen molar-refractivity contribution in [2.24, 2.45) is 0 Å². The minimum Gasteiger partial charge on any atom is -0.322 e. The van der Waals surface area contributed by atoms with Crippen LogP contribution in [-0.2, 0) is 10.0 Å². The molecule has 1 amide bonds. The first-order valence-corrected chi connectivity index (χ1v) is 8.73. The summed E-state index contributed by atoms with van der Waals surface area (Å²) in [6.07, 6.45) is 1.59. The molecule has 1 aliphatic carbocycles. The molecule has 0 radical (unpaired) electrons. The van der Waals surface area contributed by atoms with E-state index in [2.05, 4.69) is 10.0 Å². The number of carbonyl (C=O) groups excluding carboxylic acids is 1. The van der Waals surface area contributed by atoms with Gasteiger partial charge in [-0.1, -0.05) is 12.1 Å². The highest BCUT2D eigenvalue weighted by Crippen LogP contribution is 2.23. The Morgan fingerprint density at radius 1 is 1.04 bits per heavy atom. The van der Waals surface area contributed by atoms with Crippen LogP contribution < -0.4 is 10.0 Å². The molecule has 0 saturated heterocycles. The third kappa shape index (κ3) is 3.60. The number of sulfonamides is 1. The summed E-state index contributed by atoms with van der Waals surface area (Å²) in [7, 11) is -3.69. The highest BCUT2D eigenvalue weighted by molar-refractivity contribution is 7.89. The van der Waals surface area contributed by atoms with E-state index in [4.69, 9.17) is 0 Å². The molecule has 1 fully saturated rings. The number of rotatable bonds is 5. The van der Waals surface area contributed by atoms with Crippen molar-refractivity contribution in [1.29, 1.82) is 0 Å². The molecule has 3 rings (SSSR count). The second-order valence-electron chi connectivity index (χ2n) is 5.47. The molecule has 1 saturated carbocycles. The number of anilines is 1. The average molecular weight is 352 g/mol. The molecule has 24 heavy (non-hydrogen) atoms. The monoisotopic (exact) mass is 352 g/mol. The van der Waals surface area contributed by atoms with Crippen LogP contribution in [0, 0.1) is 11.6 Å². The van der Waals surface area contributed by atoms with Crippen LogP contribution in [0.25, 0.3) is 0 Å². The molecule has 5 nitrogen and oxygen atoms in total. The summed E-state index contributed by atoms with van der Waals surface area (Å²) in [5.74, 6) is -2.98. The van der Waals surface area contributed by atoms with Crippen LogP contribution in [0.5, 0.6) is 0 Å². The fraction of sp³-hybridized carbons (Fsp3) is 0.188. The molecule has 8 heteroatoms. The van der Waals surface area contributed by atoms with Gasteiger partial charge in [-0.3, -0.25) is 4.79 Å². The fourth-order valence-electron chi connectivity index (χ4n) is 2.14. The molecule has 1 aliphatic rings. The third-order valence-corrected chi connectivity index (χ3v) is 5.01. The molecule has 0 aliphatic heterocycles. The smallest absolute Gasteiger partial charge is 0.261 e. The molecule has 2 N–H and O–H groups in total. The highest BCUT2D eigenvalue weighted by atomic mass is 32.2. The van der Waals surface area contributed by atoms with Crippen LogP contribution in [0.4, 0.5) is 14.5 Å². The molecule has 126 valence electrons. The molecule has 0 unspecified atom stereocenters. The fourth-order valence-corrected chi connectivity index (χ4v) is 3.49. The molecule has 0 spiro atoms. The van der Waals surface area contributed by atoms with Gasteiger partial charge in [-0.25, -0.2) is 21.9 Å². The number of nitrogens with one attached hydrogen (secondary N) is 2. The molecule has 2 aromatic rings.